The zero-order valence-corrected chi connectivity index (χ0v) is 20.8. The maximum Gasteiger partial charge on any atom is 0.0447 e. The third kappa shape index (κ3) is 4.41. The summed E-state index contributed by atoms with van der Waals surface area (Å²) in [5.74, 6) is 0. The summed E-state index contributed by atoms with van der Waals surface area (Å²) in [6.07, 6.45) is 1.01. The van der Waals surface area contributed by atoms with Crippen molar-refractivity contribution in [3.8, 4) is 0 Å². The number of benzene rings is 3. The molecule has 2 aliphatic heterocycles. The molecule has 5 heteroatoms. The Morgan fingerprint density at radius 3 is 2.38 bits per heavy atom. The molecule has 166 valence electrons. The van der Waals surface area contributed by atoms with Crippen molar-refractivity contribution in [2.45, 2.75) is 25.3 Å². The van der Waals surface area contributed by atoms with E-state index in [1.54, 1.807) is 0 Å². The number of hydrogen-bond donors (Lipinski definition) is 1. The SMILES string of the molecule is CC1(c2ccc(Br)cc2)Cc2c(N3CCNCC3)cc(Cl)cc2N(Cc2ccccc2)C1. The lowest BCUT2D eigenvalue weighted by molar-refractivity contribution is 0.439. The van der Waals surface area contributed by atoms with E-state index in [1.807, 2.05) is 0 Å². The monoisotopic (exact) mass is 509 g/mol. The molecule has 2 heterocycles. The molecule has 3 aromatic carbocycles. The van der Waals surface area contributed by atoms with Gasteiger partial charge in [0.1, 0.15) is 0 Å². The molecule has 3 aromatic rings. The largest absolute Gasteiger partial charge is 0.369 e. The summed E-state index contributed by atoms with van der Waals surface area (Å²) >= 11 is 10.3. The van der Waals surface area contributed by atoms with Crippen LogP contribution in [0, 0.1) is 0 Å². The fraction of sp³-hybridized carbons (Fsp3) is 0.333. The molecule has 1 atom stereocenters. The number of rotatable bonds is 4. The van der Waals surface area contributed by atoms with Crippen LogP contribution in [0.15, 0.2) is 71.2 Å². The molecule has 5 rings (SSSR count). The lowest BCUT2D eigenvalue weighted by atomic mass is 9.73. The van der Waals surface area contributed by atoms with Crippen LogP contribution in [0.5, 0.6) is 0 Å². The molecule has 0 amide bonds. The minimum absolute atomic E-state index is 0.0130. The summed E-state index contributed by atoms with van der Waals surface area (Å²) in [5.41, 5.74) is 6.72. The minimum Gasteiger partial charge on any atom is -0.369 e. The normalized spacial score (nSPS) is 20.8. The third-order valence-electron chi connectivity index (χ3n) is 6.83. The first-order chi connectivity index (χ1) is 15.5. The van der Waals surface area contributed by atoms with Crippen LogP contribution in [0.2, 0.25) is 5.02 Å². The molecular weight excluding hydrogens is 482 g/mol. The molecule has 0 spiro atoms. The molecule has 0 bridgehead atoms. The van der Waals surface area contributed by atoms with Crippen molar-refractivity contribution in [1.82, 2.24) is 5.32 Å². The summed E-state index contributed by atoms with van der Waals surface area (Å²) in [7, 11) is 0. The first-order valence-corrected chi connectivity index (χ1v) is 12.5. The minimum atomic E-state index is 0.0130. The number of piperazine rings is 1. The molecule has 0 aliphatic carbocycles. The lowest BCUT2D eigenvalue weighted by Gasteiger charge is -2.45. The molecule has 0 aromatic heterocycles. The Hall–Kier alpha value is -2.01. The fourth-order valence-electron chi connectivity index (χ4n) is 5.20. The highest BCUT2D eigenvalue weighted by molar-refractivity contribution is 9.10. The summed E-state index contributed by atoms with van der Waals surface area (Å²) in [5, 5.41) is 4.30. The molecule has 0 radical (unpaired) electrons. The first-order valence-electron chi connectivity index (χ1n) is 11.3. The number of hydrogen-bond acceptors (Lipinski definition) is 3. The Morgan fingerprint density at radius 2 is 1.66 bits per heavy atom. The van der Waals surface area contributed by atoms with E-state index in [9.17, 15) is 0 Å². The van der Waals surface area contributed by atoms with Gasteiger partial charge < -0.3 is 15.1 Å². The first kappa shape index (κ1) is 21.8. The second-order valence-electron chi connectivity index (χ2n) is 9.25. The van der Waals surface area contributed by atoms with E-state index in [4.69, 9.17) is 11.6 Å². The van der Waals surface area contributed by atoms with Crippen molar-refractivity contribution < 1.29 is 0 Å². The molecule has 1 unspecified atom stereocenters. The molecule has 0 saturated carbocycles. The van der Waals surface area contributed by atoms with Gasteiger partial charge in [-0.25, -0.2) is 0 Å². The van der Waals surface area contributed by atoms with Crippen molar-refractivity contribution in [3.63, 3.8) is 0 Å². The fourth-order valence-corrected chi connectivity index (χ4v) is 5.67. The molecule has 1 fully saturated rings. The topological polar surface area (TPSA) is 18.5 Å². The quantitative estimate of drug-likeness (QED) is 0.462. The van der Waals surface area contributed by atoms with E-state index in [0.29, 0.717) is 0 Å². The van der Waals surface area contributed by atoms with Gasteiger partial charge in [-0.1, -0.05) is 76.9 Å². The van der Waals surface area contributed by atoms with Crippen molar-refractivity contribution in [1.29, 1.82) is 0 Å². The van der Waals surface area contributed by atoms with Gasteiger partial charge in [-0.2, -0.15) is 0 Å². The van der Waals surface area contributed by atoms with Gasteiger partial charge in [0, 0.05) is 65.6 Å². The number of fused-ring (bicyclic) bond motifs is 1. The zero-order chi connectivity index (χ0) is 22.1. The number of anilines is 2. The molecule has 3 nitrogen and oxygen atoms in total. The molecule has 32 heavy (non-hydrogen) atoms. The number of nitrogens with one attached hydrogen (secondary N) is 1. The smallest absolute Gasteiger partial charge is 0.0447 e. The standard InChI is InChI=1S/C27H29BrClN3/c1-27(21-7-9-22(28)10-8-21)17-24-25(31-13-11-30-12-14-31)15-23(29)16-26(24)32(19-27)18-20-5-3-2-4-6-20/h2-10,15-16,30H,11-14,17-19H2,1H3. The Kier molecular flexibility index (Phi) is 6.20. The summed E-state index contributed by atoms with van der Waals surface area (Å²) in [6.45, 7) is 8.30. The van der Waals surface area contributed by atoms with E-state index < -0.39 is 0 Å². The highest BCUT2D eigenvalue weighted by Gasteiger charge is 2.38. The number of halogens is 2. The second-order valence-corrected chi connectivity index (χ2v) is 10.6. The van der Waals surface area contributed by atoms with E-state index in [-0.39, 0.29) is 5.41 Å². The van der Waals surface area contributed by atoms with Crippen LogP contribution in [-0.4, -0.2) is 32.7 Å². The van der Waals surface area contributed by atoms with Gasteiger partial charge >= 0.3 is 0 Å². The van der Waals surface area contributed by atoms with Crippen LogP contribution in [0.3, 0.4) is 0 Å². The van der Waals surface area contributed by atoms with Crippen LogP contribution in [0.1, 0.15) is 23.6 Å². The van der Waals surface area contributed by atoms with E-state index in [1.165, 1.54) is 28.1 Å². The zero-order valence-electron chi connectivity index (χ0n) is 18.5. The van der Waals surface area contributed by atoms with Crippen LogP contribution < -0.4 is 15.1 Å². The van der Waals surface area contributed by atoms with Crippen LogP contribution in [0.25, 0.3) is 0 Å². The lowest BCUT2D eigenvalue weighted by Crippen LogP contribution is -2.47. The van der Waals surface area contributed by atoms with Gasteiger partial charge in [-0.05, 0) is 47.4 Å². The summed E-state index contributed by atoms with van der Waals surface area (Å²) < 4.78 is 1.12. The van der Waals surface area contributed by atoms with Crippen LogP contribution in [-0.2, 0) is 18.4 Å². The molecule has 1 N–H and O–H groups in total. The van der Waals surface area contributed by atoms with Crippen molar-refractivity contribution in [2.75, 3.05) is 42.5 Å². The molecule has 2 aliphatic rings. The van der Waals surface area contributed by atoms with Gasteiger partial charge in [0.05, 0.1) is 0 Å². The third-order valence-corrected chi connectivity index (χ3v) is 7.58. The van der Waals surface area contributed by atoms with Crippen LogP contribution in [0.4, 0.5) is 11.4 Å². The van der Waals surface area contributed by atoms with E-state index in [2.05, 4.69) is 105 Å². The predicted molar refractivity (Wildman–Crippen MR) is 139 cm³/mol. The van der Waals surface area contributed by atoms with Gasteiger partial charge in [-0.3, -0.25) is 0 Å². The van der Waals surface area contributed by atoms with E-state index in [0.717, 1.165) is 55.2 Å². The highest BCUT2D eigenvalue weighted by atomic mass is 79.9. The summed E-state index contributed by atoms with van der Waals surface area (Å²) in [4.78, 5) is 5.04. The van der Waals surface area contributed by atoms with Gasteiger partial charge in [-0.15, -0.1) is 0 Å². The summed E-state index contributed by atoms with van der Waals surface area (Å²) in [6, 6.07) is 24.0. The average molecular weight is 511 g/mol. The highest BCUT2D eigenvalue weighted by Crippen LogP contribution is 2.45. The van der Waals surface area contributed by atoms with Crippen molar-refractivity contribution in [3.05, 3.63) is 92.9 Å². The number of nitrogens with zero attached hydrogens (tertiary/aromatic N) is 2. The van der Waals surface area contributed by atoms with Crippen molar-refractivity contribution in [2.24, 2.45) is 0 Å². The Labute approximate surface area is 204 Å². The van der Waals surface area contributed by atoms with Crippen molar-refractivity contribution >= 4 is 38.9 Å². The molecule has 1 saturated heterocycles. The van der Waals surface area contributed by atoms with Gasteiger partial charge in [0.2, 0.25) is 0 Å². The Balaban J connectivity index is 1.61. The predicted octanol–water partition coefficient (Wildman–Crippen LogP) is 6.03. The molecular formula is C27H29BrClN3. The van der Waals surface area contributed by atoms with Gasteiger partial charge in [0.15, 0.2) is 0 Å². The maximum absolute atomic E-state index is 6.70. The average Bonchev–Trinajstić information content (AvgIpc) is 2.81. The Bertz CT molecular complexity index is 1080. The second kappa shape index (κ2) is 9.09. The Morgan fingerprint density at radius 1 is 0.969 bits per heavy atom. The van der Waals surface area contributed by atoms with Crippen LogP contribution >= 0.6 is 27.5 Å². The van der Waals surface area contributed by atoms with E-state index >= 15 is 0 Å². The van der Waals surface area contributed by atoms with Gasteiger partial charge in [0.25, 0.3) is 0 Å². The maximum atomic E-state index is 6.70.